The third-order valence-electron chi connectivity index (χ3n) is 2.80. The van der Waals surface area contributed by atoms with Crippen LogP contribution in [0.15, 0.2) is 17.3 Å². The molecule has 0 atom stereocenters. The Morgan fingerprint density at radius 2 is 2.05 bits per heavy atom. The SMILES string of the molecule is Cc1ccc(C(N)=NO)c(-n2nc(C)c(Cl)c2C)n1. The Morgan fingerprint density at radius 1 is 1.37 bits per heavy atom. The summed E-state index contributed by atoms with van der Waals surface area (Å²) in [7, 11) is 0. The maximum atomic E-state index is 8.84. The standard InChI is InChI=1S/C12H14ClN5O/c1-6-4-5-9(11(14)17-19)12(15-6)18-8(3)10(13)7(2)16-18/h4-5,19H,1-3H3,(H2,14,17). The van der Waals surface area contributed by atoms with Crippen LogP contribution in [-0.2, 0) is 0 Å². The summed E-state index contributed by atoms with van der Waals surface area (Å²) in [6, 6.07) is 3.52. The van der Waals surface area contributed by atoms with Crippen LogP contribution in [0, 0.1) is 20.8 Å². The number of hydrogen-bond donors (Lipinski definition) is 2. The number of nitrogens with two attached hydrogens (primary N) is 1. The Bertz CT molecular complexity index is 662. The number of oxime groups is 1. The molecule has 6 nitrogen and oxygen atoms in total. The van der Waals surface area contributed by atoms with Gasteiger partial charge >= 0.3 is 0 Å². The molecule has 0 aliphatic heterocycles. The van der Waals surface area contributed by atoms with Gasteiger partial charge in [-0.2, -0.15) is 5.10 Å². The van der Waals surface area contributed by atoms with Gasteiger partial charge in [0, 0.05) is 5.69 Å². The van der Waals surface area contributed by atoms with E-state index in [-0.39, 0.29) is 5.84 Å². The molecule has 0 fully saturated rings. The molecule has 0 saturated heterocycles. The van der Waals surface area contributed by atoms with E-state index in [1.54, 1.807) is 16.8 Å². The molecule has 0 saturated carbocycles. The maximum Gasteiger partial charge on any atom is 0.173 e. The Balaban J connectivity index is 2.73. The van der Waals surface area contributed by atoms with E-state index < -0.39 is 0 Å². The van der Waals surface area contributed by atoms with Crippen molar-refractivity contribution < 1.29 is 5.21 Å². The molecule has 0 amide bonds. The van der Waals surface area contributed by atoms with Gasteiger partial charge < -0.3 is 10.9 Å². The Morgan fingerprint density at radius 3 is 2.58 bits per heavy atom. The summed E-state index contributed by atoms with van der Waals surface area (Å²) in [5.74, 6) is 0.467. The average Bonchev–Trinajstić information content (AvgIpc) is 2.65. The molecule has 0 bridgehead atoms. The highest BCUT2D eigenvalue weighted by molar-refractivity contribution is 6.31. The van der Waals surface area contributed by atoms with Crippen LogP contribution in [0.2, 0.25) is 5.02 Å². The number of aryl methyl sites for hydroxylation is 2. The van der Waals surface area contributed by atoms with E-state index in [1.165, 1.54) is 0 Å². The third-order valence-corrected chi connectivity index (χ3v) is 3.35. The fourth-order valence-electron chi connectivity index (χ4n) is 1.79. The van der Waals surface area contributed by atoms with E-state index in [0.29, 0.717) is 22.1 Å². The van der Waals surface area contributed by atoms with Gasteiger partial charge in [0.1, 0.15) is 0 Å². The first kappa shape index (κ1) is 13.4. The Kier molecular flexibility index (Phi) is 3.44. The van der Waals surface area contributed by atoms with Crippen molar-refractivity contribution in [2.75, 3.05) is 0 Å². The summed E-state index contributed by atoms with van der Waals surface area (Å²) in [5.41, 5.74) is 8.41. The molecule has 2 heterocycles. The number of pyridine rings is 1. The second-order valence-corrected chi connectivity index (χ2v) is 4.58. The first-order valence-electron chi connectivity index (χ1n) is 5.63. The van der Waals surface area contributed by atoms with Gasteiger partial charge in [0.15, 0.2) is 11.7 Å². The molecule has 0 unspecified atom stereocenters. The third kappa shape index (κ3) is 2.26. The number of amidine groups is 1. The van der Waals surface area contributed by atoms with Crippen molar-refractivity contribution in [2.45, 2.75) is 20.8 Å². The van der Waals surface area contributed by atoms with E-state index >= 15 is 0 Å². The lowest BCUT2D eigenvalue weighted by atomic mass is 10.2. The highest BCUT2D eigenvalue weighted by Crippen LogP contribution is 2.23. The van der Waals surface area contributed by atoms with Gasteiger partial charge in [-0.05, 0) is 32.9 Å². The Labute approximate surface area is 115 Å². The van der Waals surface area contributed by atoms with Crippen LogP contribution in [0.4, 0.5) is 0 Å². The number of aromatic nitrogens is 3. The van der Waals surface area contributed by atoms with Crippen molar-refractivity contribution in [3.63, 3.8) is 0 Å². The molecule has 0 radical (unpaired) electrons. The van der Waals surface area contributed by atoms with Crippen LogP contribution in [0.5, 0.6) is 0 Å². The predicted octanol–water partition coefficient (Wildman–Crippen LogP) is 1.94. The molecule has 2 rings (SSSR count). The van der Waals surface area contributed by atoms with Gasteiger partial charge in [-0.25, -0.2) is 9.67 Å². The largest absolute Gasteiger partial charge is 0.409 e. The van der Waals surface area contributed by atoms with E-state index in [9.17, 15) is 0 Å². The minimum Gasteiger partial charge on any atom is -0.409 e. The van der Waals surface area contributed by atoms with Crippen LogP contribution < -0.4 is 5.73 Å². The number of hydrogen-bond acceptors (Lipinski definition) is 4. The number of rotatable bonds is 2. The van der Waals surface area contributed by atoms with Crippen molar-refractivity contribution in [3.8, 4) is 5.82 Å². The zero-order valence-electron chi connectivity index (χ0n) is 10.8. The van der Waals surface area contributed by atoms with Crippen LogP contribution in [0.1, 0.15) is 22.6 Å². The minimum absolute atomic E-state index is 0.0221. The number of halogens is 1. The van der Waals surface area contributed by atoms with Gasteiger partial charge in [0.25, 0.3) is 0 Å². The van der Waals surface area contributed by atoms with E-state index in [2.05, 4.69) is 15.2 Å². The van der Waals surface area contributed by atoms with Gasteiger partial charge in [-0.3, -0.25) is 0 Å². The number of nitrogens with zero attached hydrogens (tertiary/aromatic N) is 4. The molecule has 19 heavy (non-hydrogen) atoms. The average molecular weight is 280 g/mol. The molecule has 7 heteroatoms. The normalized spacial score (nSPS) is 11.9. The first-order valence-corrected chi connectivity index (χ1v) is 6.01. The summed E-state index contributed by atoms with van der Waals surface area (Å²) in [6.45, 7) is 5.50. The van der Waals surface area contributed by atoms with E-state index in [0.717, 1.165) is 11.4 Å². The monoisotopic (exact) mass is 279 g/mol. The molecule has 3 N–H and O–H groups in total. The molecule has 2 aromatic rings. The van der Waals surface area contributed by atoms with Crippen molar-refractivity contribution in [3.05, 3.63) is 39.8 Å². The first-order chi connectivity index (χ1) is 8.95. The molecule has 0 aliphatic rings. The Hall–Kier alpha value is -2.08. The predicted molar refractivity (Wildman–Crippen MR) is 73.1 cm³/mol. The fraction of sp³-hybridized carbons (Fsp3) is 0.250. The smallest absolute Gasteiger partial charge is 0.173 e. The van der Waals surface area contributed by atoms with Crippen molar-refractivity contribution in [1.29, 1.82) is 0 Å². The van der Waals surface area contributed by atoms with Gasteiger partial charge in [-0.15, -0.1) is 0 Å². The maximum absolute atomic E-state index is 8.84. The summed E-state index contributed by atoms with van der Waals surface area (Å²) in [5, 5.41) is 16.8. The summed E-state index contributed by atoms with van der Waals surface area (Å²) >= 11 is 6.13. The van der Waals surface area contributed by atoms with Gasteiger partial charge in [-0.1, -0.05) is 16.8 Å². The van der Waals surface area contributed by atoms with Crippen LogP contribution in [0.25, 0.3) is 5.82 Å². The molecule has 2 aromatic heterocycles. The summed E-state index contributed by atoms with van der Waals surface area (Å²) in [6.07, 6.45) is 0. The second kappa shape index (κ2) is 4.89. The quantitative estimate of drug-likeness (QED) is 0.380. The topological polar surface area (TPSA) is 89.3 Å². The summed E-state index contributed by atoms with van der Waals surface area (Å²) in [4.78, 5) is 4.40. The zero-order valence-corrected chi connectivity index (χ0v) is 11.6. The lowest BCUT2D eigenvalue weighted by Crippen LogP contribution is -2.18. The zero-order chi connectivity index (χ0) is 14.2. The highest BCUT2D eigenvalue weighted by atomic mass is 35.5. The van der Waals surface area contributed by atoms with E-state index in [4.69, 9.17) is 22.5 Å². The highest BCUT2D eigenvalue weighted by Gasteiger charge is 2.17. The fourth-order valence-corrected chi connectivity index (χ4v) is 1.91. The van der Waals surface area contributed by atoms with Crippen LogP contribution in [-0.4, -0.2) is 25.8 Å². The van der Waals surface area contributed by atoms with E-state index in [1.807, 2.05) is 20.8 Å². The van der Waals surface area contributed by atoms with Crippen molar-refractivity contribution in [2.24, 2.45) is 10.9 Å². The van der Waals surface area contributed by atoms with Crippen molar-refractivity contribution >= 4 is 17.4 Å². The lowest BCUT2D eigenvalue weighted by Gasteiger charge is -2.10. The van der Waals surface area contributed by atoms with Gasteiger partial charge in [0.2, 0.25) is 0 Å². The molecule has 0 aromatic carbocycles. The molecule has 100 valence electrons. The molecular formula is C12H14ClN5O. The lowest BCUT2D eigenvalue weighted by molar-refractivity contribution is 0.318. The molecule has 0 spiro atoms. The van der Waals surface area contributed by atoms with Gasteiger partial charge in [0.05, 0.1) is 22.0 Å². The molecule has 0 aliphatic carbocycles. The van der Waals surface area contributed by atoms with Crippen LogP contribution >= 0.6 is 11.6 Å². The summed E-state index contributed by atoms with van der Waals surface area (Å²) < 4.78 is 1.60. The van der Waals surface area contributed by atoms with Crippen LogP contribution in [0.3, 0.4) is 0 Å². The molecular weight excluding hydrogens is 266 g/mol. The van der Waals surface area contributed by atoms with Crippen molar-refractivity contribution in [1.82, 2.24) is 14.8 Å². The second-order valence-electron chi connectivity index (χ2n) is 4.21. The minimum atomic E-state index is -0.0221.